The van der Waals surface area contributed by atoms with E-state index in [1.54, 1.807) is 36.4 Å². The maximum Gasteiger partial charge on any atom is 0.243 e. The van der Waals surface area contributed by atoms with Crippen LogP contribution in [0.3, 0.4) is 0 Å². The Morgan fingerprint density at radius 2 is 1.66 bits per heavy atom. The molecule has 44 heavy (non-hydrogen) atoms. The zero-order valence-electron chi connectivity index (χ0n) is 24.7. The first-order valence-corrected chi connectivity index (χ1v) is 14.5. The third-order valence-electron chi connectivity index (χ3n) is 7.39. The van der Waals surface area contributed by atoms with Crippen molar-refractivity contribution in [1.29, 1.82) is 0 Å². The lowest BCUT2D eigenvalue weighted by Gasteiger charge is -2.29. The number of furan rings is 1. The van der Waals surface area contributed by atoms with E-state index in [1.807, 2.05) is 0 Å². The maximum absolute atomic E-state index is 13.4. The van der Waals surface area contributed by atoms with Gasteiger partial charge in [-0.15, -0.1) is 0 Å². The SMILES string of the molecule is C=CC(=O)NC[C@H](NC(=O)Cc1ccccc1CNC(=O)[C@H](Cc1ccco1)NC(=O)C1CCC(NC(C)=O)CC1)C(N)=O. The minimum Gasteiger partial charge on any atom is -0.469 e. The van der Waals surface area contributed by atoms with E-state index in [1.165, 1.54) is 13.2 Å². The van der Waals surface area contributed by atoms with Crippen molar-refractivity contribution in [3.05, 3.63) is 72.2 Å². The van der Waals surface area contributed by atoms with Crippen LogP contribution < -0.4 is 32.3 Å². The van der Waals surface area contributed by atoms with E-state index in [-0.39, 0.29) is 49.7 Å². The monoisotopic (exact) mass is 608 g/mol. The fourth-order valence-electron chi connectivity index (χ4n) is 5.04. The number of rotatable bonds is 15. The zero-order valence-corrected chi connectivity index (χ0v) is 24.7. The summed E-state index contributed by atoms with van der Waals surface area (Å²) in [6.45, 7) is 4.68. The first kappa shape index (κ1) is 33.6. The molecule has 1 saturated carbocycles. The van der Waals surface area contributed by atoms with Gasteiger partial charge < -0.3 is 36.7 Å². The van der Waals surface area contributed by atoms with Crippen LogP contribution in [-0.4, -0.2) is 60.1 Å². The van der Waals surface area contributed by atoms with Gasteiger partial charge in [0.15, 0.2) is 0 Å². The summed E-state index contributed by atoms with van der Waals surface area (Å²) in [6.07, 6.45) is 5.12. The van der Waals surface area contributed by atoms with Crippen LogP contribution in [0.5, 0.6) is 0 Å². The lowest BCUT2D eigenvalue weighted by molar-refractivity contribution is -0.132. The number of hydrogen-bond donors (Lipinski definition) is 6. The molecule has 2 atom stereocenters. The minimum absolute atomic E-state index is 0.0423. The molecule has 6 amide bonds. The Morgan fingerprint density at radius 1 is 0.955 bits per heavy atom. The number of carbonyl (C=O) groups excluding carboxylic acids is 6. The van der Waals surface area contributed by atoms with E-state index in [0.717, 1.165) is 6.08 Å². The van der Waals surface area contributed by atoms with Crippen molar-refractivity contribution < 1.29 is 33.2 Å². The molecule has 0 unspecified atom stereocenters. The number of nitrogens with two attached hydrogens (primary N) is 1. The second-order valence-electron chi connectivity index (χ2n) is 10.7. The first-order chi connectivity index (χ1) is 21.0. The molecule has 7 N–H and O–H groups in total. The van der Waals surface area contributed by atoms with Crippen LogP contribution in [0.4, 0.5) is 0 Å². The third-order valence-corrected chi connectivity index (χ3v) is 7.39. The van der Waals surface area contributed by atoms with Gasteiger partial charge in [0.1, 0.15) is 17.8 Å². The summed E-state index contributed by atoms with van der Waals surface area (Å²) >= 11 is 0. The number of benzene rings is 1. The molecule has 1 aromatic carbocycles. The molecule has 2 aromatic rings. The molecular weight excluding hydrogens is 568 g/mol. The molecule has 0 radical (unpaired) electrons. The van der Waals surface area contributed by atoms with E-state index in [4.69, 9.17) is 10.2 Å². The van der Waals surface area contributed by atoms with Gasteiger partial charge in [-0.2, -0.15) is 0 Å². The van der Waals surface area contributed by atoms with Gasteiger partial charge in [-0.05, 0) is 55.0 Å². The standard InChI is InChI=1S/C31H40N6O7/c1-3-27(39)33-18-26(29(32)41)36-28(40)15-21-7-4-5-8-22(21)17-34-31(43)25(16-24-9-6-14-44-24)37-30(42)20-10-12-23(13-11-20)35-19(2)38/h3-9,14,20,23,25-26H,1,10-13,15-18H2,2H3,(H2,32,41)(H,33,39)(H,34,43)(H,35,38)(H,36,40)(H,37,42)/t20?,23?,25-,26-/m0/s1. The third kappa shape index (κ3) is 10.7. The molecular formula is C31H40N6O7. The van der Waals surface area contributed by atoms with Crippen molar-refractivity contribution in [2.24, 2.45) is 11.7 Å². The Kier molecular flexibility index (Phi) is 12.7. The van der Waals surface area contributed by atoms with Crippen molar-refractivity contribution >= 4 is 35.4 Å². The second-order valence-corrected chi connectivity index (χ2v) is 10.7. The van der Waals surface area contributed by atoms with Gasteiger partial charge in [0, 0.05) is 38.4 Å². The summed E-state index contributed by atoms with van der Waals surface area (Å²) < 4.78 is 5.43. The Hall–Kier alpha value is -4.94. The highest BCUT2D eigenvalue weighted by atomic mass is 16.3. The van der Waals surface area contributed by atoms with Gasteiger partial charge in [0.2, 0.25) is 35.4 Å². The predicted octanol–water partition coefficient (Wildman–Crippen LogP) is 0.133. The van der Waals surface area contributed by atoms with Crippen molar-refractivity contribution in [3.63, 3.8) is 0 Å². The summed E-state index contributed by atoms with van der Waals surface area (Å²) in [4.78, 5) is 73.8. The molecule has 1 aliphatic rings. The van der Waals surface area contributed by atoms with Crippen LogP contribution >= 0.6 is 0 Å². The zero-order chi connectivity index (χ0) is 32.1. The van der Waals surface area contributed by atoms with Crippen LogP contribution in [-0.2, 0) is 48.2 Å². The van der Waals surface area contributed by atoms with Gasteiger partial charge in [-0.1, -0.05) is 30.8 Å². The van der Waals surface area contributed by atoms with Crippen molar-refractivity contribution in [3.8, 4) is 0 Å². The molecule has 13 heteroatoms. The quantitative estimate of drug-likeness (QED) is 0.154. The Balaban J connectivity index is 1.61. The van der Waals surface area contributed by atoms with Gasteiger partial charge in [-0.3, -0.25) is 28.8 Å². The molecule has 1 aliphatic carbocycles. The summed E-state index contributed by atoms with van der Waals surface area (Å²) in [7, 11) is 0. The van der Waals surface area contributed by atoms with E-state index in [9.17, 15) is 28.8 Å². The molecule has 0 spiro atoms. The van der Waals surface area contributed by atoms with Crippen LogP contribution in [0.2, 0.25) is 0 Å². The van der Waals surface area contributed by atoms with Crippen LogP contribution in [0.15, 0.2) is 59.7 Å². The molecule has 1 heterocycles. The highest BCUT2D eigenvalue weighted by Crippen LogP contribution is 2.25. The van der Waals surface area contributed by atoms with E-state index in [2.05, 4.69) is 33.2 Å². The second kappa shape index (κ2) is 16.6. The van der Waals surface area contributed by atoms with Crippen molar-refractivity contribution in [1.82, 2.24) is 26.6 Å². The van der Waals surface area contributed by atoms with Crippen LogP contribution in [0.25, 0.3) is 0 Å². The van der Waals surface area contributed by atoms with Crippen LogP contribution in [0.1, 0.15) is 49.5 Å². The lowest BCUT2D eigenvalue weighted by atomic mass is 9.85. The van der Waals surface area contributed by atoms with Gasteiger partial charge in [-0.25, -0.2) is 0 Å². The highest BCUT2D eigenvalue weighted by molar-refractivity contribution is 5.90. The van der Waals surface area contributed by atoms with Crippen molar-refractivity contribution in [2.45, 2.75) is 70.1 Å². The van der Waals surface area contributed by atoms with E-state index >= 15 is 0 Å². The van der Waals surface area contributed by atoms with Crippen molar-refractivity contribution in [2.75, 3.05) is 6.54 Å². The summed E-state index contributed by atoms with van der Waals surface area (Å²) in [5, 5.41) is 13.6. The number of primary amides is 1. The number of nitrogens with one attached hydrogen (secondary N) is 5. The smallest absolute Gasteiger partial charge is 0.243 e. The summed E-state index contributed by atoms with van der Waals surface area (Å²) in [6, 6.07) is 8.42. The molecule has 0 saturated heterocycles. The fourth-order valence-corrected chi connectivity index (χ4v) is 5.04. The molecule has 0 aliphatic heterocycles. The average Bonchev–Trinajstić information content (AvgIpc) is 3.51. The Bertz CT molecular complexity index is 1330. The topological polar surface area (TPSA) is 202 Å². The molecule has 3 rings (SSSR count). The highest BCUT2D eigenvalue weighted by Gasteiger charge is 2.30. The molecule has 1 aromatic heterocycles. The molecule has 1 fully saturated rings. The van der Waals surface area contributed by atoms with E-state index < -0.39 is 35.7 Å². The fraction of sp³-hybridized carbons (Fsp3) is 0.419. The average molecular weight is 609 g/mol. The Labute approximate surface area is 255 Å². The summed E-state index contributed by atoms with van der Waals surface area (Å²) in [5.41, 5.74) is 6.63. The van der Waals surface area contributed by atoms with Gasteiger partial charge >= 0.3 is 0 Å². The lowest BCUT2D eigenvalue weighted by Crippen LogP contribution is -2.51. The number of amides is 6. The number of carbonyl (C=O) groups is 6. The van der Waals surface area contributed by atoms with Gasteiger partial charge in [0.05, 0.1) is 12.7 Å². The normalized spacial score (nSPS) is 17.3. The minimum atomic E-state index is -1.12. The maximum atomic E-state index is 13.4. The van der Waals surface area contributed by atoms with Gasteiger partial charge in [0.25, 0.3) is 0 Å². The molecule has 236 valence electrons. The Morgan fingerprint density at radius 3 is 2.27 bits per heavy atom. The van der Waals surface area contributed by atoms with Crippen LogP contribution in [0, 0.1) is 5.92 Å². The first-order valence-electron chi connectivity index (χ1n) is 14.5. The van der Waals surface area contributed by atoms with E-state index in [0.29, 0.717) is 42.6 Å². The molecule has 0 bridgehead atoms. The predicted molar refractivity (Wildman–Crippen MR) is 160 cm³/mol. The summed E-state index contributed by atoms with van der Waals surface area (Å²) in [5.74, 6) is -2.33. The molecule has 13 nitrogen and oxygen atoms in total. The largest absolute Gasteiger partial charge is 0.469 e. The number of hydrogen-bond acceptors (Lipinski definition) is 7.